The first-order chi connectivity index (χ1) is 14.0. The summed E-state index contributed by atoms with van der Waals surface area (Å²) in [4.78, 5) is 6.91. The summed E-state index contributed by atoms with van der Waals surface area (Å²) in [5, 5.41) is 0. The van der Waals surface area contributed by atoms with Crippen molar-refractivity contribution in [3.05, 3.63) is 95.6 Å². The molecule has 0 N–H and O–H groups in total. The number of hydrogen-bond acceptors (Lipinski definition) is 3. The molecule has 152 valence electrons. The molecule has 0 aliphatic heterocycles. The smallest absolute Gasteiger partial charge is 0.0363 e. The second-order valence-corrected chi connectivity index (χ2v) is 7.87. The Hall–Kier alpha value is -2.78. The van der Waals surface area contributed by atoms with Gasteiger partial charge in [-0.05, 0) is 47.9 Å². The van der Waals surface area contributed by atoms with E-state index in [9.17, 15) is 0 Å². The highest BCUT2D eigenvalue weighted by atomic mass is 15.1. The molecule has 3 rings (SSSR count). The van der Waals surface area contributed by atoms with Gasteiger partial charge in [0, 0.05) is 58.7 Å². The number of benzene rings is 3. The molecule has 0 heterocycles. The molecule has 3 nitrogen and oxygen atoms in total. The highest BCUT2D eigenvalue weighted by molar-refractivity contribution is 5.47. The standard InChI is InChI=1S/C26H33N3/c1-5-28(4)26-17-13-24(14-18-26)21-29(19-22-9-7-6-8-10-22)20-23-11-15-25(16-12-23)27(2)3/h6-18H,5,19-21H2,1-4H3. The van der Waals surface area contributed by atoms with Gasteiger partial charge in [0.1, 0.15) is 0 Å². The van der Waals surface area contributed by atoms with E-state index in [1.54, 1.807) is 0 Å². The summed E-state index contributed by atoms with van der Waals surface area (Å²) in [7, 11) is 6.29. The van der Waals surface area contributed by atoms with Crippen LogP contribution < -0.4 is 9.80 Å². The Morgan fingerprint density at radius 3 is 1.45 bits per heavy atom. The van der Waals surface area contributed by atoms with Gasteiger partial charge in [-0.2, -0.15) is 0 Å². The van der Waals surface area contributed by atoms with Crippen molar-refractivity contribution in [3.8, 4) is 0 Å². The van der Waals surface area contributed by atoms with Crippen molar-refractivity contribution in [2.24, 2.45) is 0 Å². The molecule has 0 saturated carbocycles. The fraction of sp³-hybridized carbons (Fsp3) is 0.308. The third kappa shape index (κ3) is 6.10. The normalized spacial score (nSPS) is 10.9. The van der Waals surface area contributed by atoms with Gasteiger partial charge in [0.15, 0.2) is 0 Å². The SMILES string of the molecule is CCN(C)c1ccc(CN(Cc2ccccc2)Cc2ccc(N(C)C)cc2)cc1. The van der Waals surface area contributed by atoms with E-state index < -0.39 is 0 Å². The molecule has 0 saturated heterocycles. The minimum absolute atomic E-state index is 0.930. The first kappa shape index (κ1) is 20.9. The van der Waals surface area contributed by atoms with Gasteiger partial charge in [0.25, 0.3) is 0 Å². The predicted molar refractivity (Wildman–Crippen MR) is 126 cm³/mol. The van der Waals surface area contributed by atoms with Crippen LogP contribution in [0.25, 0.3) is 0 Å². The van der Waals surface area contributed by atoms with Crippen molar-refractivity contribution in [2.45, 2.75) is 26.6 Å². The van der Waals surface area contributed by atoms with E-state index in [2.05, 4.69) is 122 Å². The Morgan fingerprint density at radius 1 is 0.552 bits per heavy atom. The molecule has 0 amide bonds. The van der Waals surface area contributed by atoms with Crippen molar-refractivity contribution in [3.63, 3.8) is 0 Å². The van der Waals surface area contributed by atoms with E-state index in [-0.39, 0.29) is 0 Å². The maximum atomic E-state index is 2.51. The van der Waals surface area contributed by atoms with Crippen LogP contribution in [-0.4, -0.2) is 32.6 Å². The highest BCUT2D eigenvalue weighted by Gasteiger charge is 2.09. The Balaban J connectivity index is 1.75. The lowest BCUT2D eigenvalue weighted by atomic mass is 10.1. The predicted octanol–water partition coefficient (Wildman–Crippen LogP) is 5.41. The molecule has 3 aromatic rings. The maximum absolute atomic E-state index is 2.51. The molecule has 0 fully saturated rings. The van der Waals surface area contributed by atoms with E-state index >= 15 is 0 Å². The highest BCUT2D eigenvalue weighted by Crippen LogP contribution is 2.19. The minimum atomic E-state index is 0.930. The van der Waals surface area contributed by atoms with Crippen LogP contribution >= 0.6 is 0 Å². The quantitative estimate of drug-likeness (QED) is 0.486. The number of nitrogens with zero attached hydrogens (tertiary/aromatic N) is 3. The van der Waals surface area contributed by atoms with Gasteiger partial charge in [0.05, 0.1) is 0 Å². The second kappa shape index (κ2) is 10.1. The van der Waals surface area contributed by atoms with Gasteiger partial charge >= 0.3 is 0 Å². The zero-order chi connectivity index (χ0) is 20.6. The van der Waals surface area contributed by atoms with E-state index in [0.717, 1.165) is 26.2 Å². The van der Waals surface area contributed by atoms with Gasteiger partial charge in [-0.3, -0.25) is 4.90 Å². The molecule has 0 radical (unpaired) electrons. The van der Waals surface area contributed by atoms with Gasteiger partial charge in [-0.15, -0.1) is 0 Å². The van der Waals surface area contributed by atoms with Gasteiger partial charge < -0.3 is 9.80 Å². The third-order valence-electron chi connectivity index (χ3n) is 5.37. The second-order valence-electron chi connectivity index (χ2n) is 7.87. The Bertz CT molecular complexity index is 855. The number of hydrogen-bond donors (Lipinski definition) is 0. The van der Waals surface area contributed by atoms with E-state index in [1.165, 1.54) is 28.1 Å². The van der Waals surface area contributed by atoms with Gasteiger partial charge in [-0.25, -0.2) is 0 Å². The van der Waals surface area contributed by atoms with Crippen LogP contribution in [0.4, 0.5) is 11.4 Å². The molecule has 0 unspecified atom stereocenters. The molecule has 0 aliphatic rings. The molecule has 0 aliphatic carbocycles. The molecule has 0 atom stereocenters. The molecule has 3 aromatic carbocycles. The Morgan fingerprint density at radius 2 is 1.00 bits per heavy atom. The molecular formula is C26H33N3. The monoisotopic (exact) mass is 387 g/mol. The van der Waals surface area contributed by atoms with E-state index in [4.69, 9.17) is 0 Å². The van der Waals surface area contributed by atoms with Gasteiger partial charge in [0.2, 0.25) is 0 Å². The van der Waals surface area contributed by atoms with Crippen LogP contribution in [0.2, 0.25) is 0 Å². The van der Waals surface area contributed by atoms with Crippen LogP contribution in [0.3, 0.4) is 0 Å². The molecular weight excluding hydrogens is 354 g/mol. The molecule has 0 spiro atoms. The number of rotatable bonds is 9. The molecule has 3 heteroatoms. The van der Waals surface area contributed by atoms with Gasteiger partial charge in [-0.1, -0.05) is 54.6 Å². The zero-order valence-electron chi connectivity index (χ0n) is 18.2. The number of anilines is 2. The summed E-state index contributed by atoms with van der Waals surface area (Å²) in [6, 6.07) is 28.6. The fourth-order valence-corrected chi connectivity index (χ4v) is 3.46. The summed E-state index contributed by atoms with van der Waals surface area (Å²) < 4.78 is 0. The van der Waals surface area contributed by atoms with Crippen molar-refractivity contribution in [2.75, 3.05) is 37.5 Å². The molecule has 29 heavy (non-hydrogen) atoms. The molecule has 0 aromatic heterocycles. The van der Waals surface area contributed by atoms with E-state index in [1.807, 2.05) is 0 Å². The Kier molecular flexibility index (Phi) is 7.31. The van der Waals surface area contributed by atoms with E-state index in [0.29, 0.717) is 0 Å². The lowest BCUT2D eigenvalue weighted by Crippen LogP contribution is -2.22. The van der Waals surface area contributed by atoms with Crippen LogP contribution in [0.15, 0.2) is 78.9 Å². The molecule has 0 bridgehead atoms. The average Bonchev–Trinajstić information content (AvgIpc) is 2.75. The summed E-state index contributed by atoms with van der Waals surface area (Å²) in [6.07, 6.45) is 0. The van der Waals surface area contributed by atoms with Crippen LogP contribution in [0, 0.1) is 0 Å². The summed E-state index contributed by atoms with van der Waals surface area (Å²) in [6.45, 7) is 5.99. The van der Waals surface area contributed by atoms with Crippen molar-refractivity contribution in [1.29, 1.82) is 0 Å². The summed E-state index contributed by atoms with van der Waals surface area (Å²) in [5.41, 5.74) is 6.54. The first-order valence-corrected chi connectivity index (χ1v) is 10.4. The maximum Gasteiger partial charge on any atom is 0.0363 e. The lowest BCUT2D eigenvalue weighted by molar-refractivity contribution is 0.248. The average molecular weight is 388 g/mol. The van der Waals surface area contributed by atoms with Crippen LogP contribution in [-0.2, 0) is 19.6 Å². The summed E-state index contributed by atoms with van der Waals surface area (Å²) >= 11 is 0. The minimum Gasteiger partial charge on any atom is -0.378 e. The third-order valence-corrected chi connectivity index (χ3v) is 5.37. The van der Waals surface area contributed by atoms with Crippen LogP contribution in [0.5, 0.6) is 0 Å². The largest absolute Gasteiger partial charge is 0.378 e. The topological polar surface area (TPSA) is 9.72 Å². The fourth-order valence-electron chi connectivity index (χ4n) is 3.46. The van der Waals surface area contributed by atoms with Crippen molar-refractivity contribution in [1.82, 2.24) is 4.90 Å². The first-order valence-electron chi connectivity index (χ1n) is 10.4. The van der Waals surface area contributed by atoms with Crippen molar-refractivity contribution >= 4 is 11.4 Å². The van der Waals surface area contributed by atoms with Crippen molar-refractivity contribution < 1.29 is 0 Å². The Labute approximate surface area is 176 Å². The van der Waals surface area contributed by atoms with Crippen LogP contribution in [0.1, 0.15) is 23.6 Å². The zero-order valence-corrected chi connectivity index (χ0v) is 18.2. The lowest BCUT2D eigenvalue weighted by Gasteiger charge is -2.24. The summed E-state index contributed by atoms with van der Waals surface area (Å²) in [5.74, 6) is 0.